The van der Waals surface area contributed by atoms with Crippen LogP contribution in [-0.2, 0) is 23.2 Å². The van der Waals surface area contributed by atoms with Crippen molar-refractivity contribution in [1.29, 1.82) is 0 Å². The highest BCUT2D eigenvalue weighted by atomic mass is 16.5. The molecule has 15 heteroatoms. The zero-order chi connectivity index (χ0) is 42.2. The van der Waals surface area contributed by atoms with E-state index in [-0.39, 0.29) is 23.6 Å². The molecule has 62 heavy (non-hydrogen) atoms. The molecule has 3 unspecified atom stereocenters. The molecule has 1 aliphatic carbocycles. The molecule has 6 bridgehead atoms. The van der Waals surface area contributed by atoms with Crippen LogP contribution in [0.3, 0.4) is 0 Å². The van der Waals surface area contributed by atoms with Gasteiger partial charge in [0.15, 0.2) is 0 Å². The van der Waals surface area contributed by atoms with E-state index >= 15 is 0 Å². The topological polar surface area (TPSA) is 156 Å². The van der Waals surface area contributed by atoms with Gasteiger partial charge in [0.05, 0.1) is 58.1 Å². The fraction of sp³-hybridized carbons (Fsp3) is 0.511. The van der Waals surface area contributed by atoms with Gasteiger partial charge in [0, 0.05) is 81.3 Å². The second-order valence-corrected chi connectivity index (χ2v) is 18.7. The predicted molar refractivity (Wildman–Crippen MR) is 235 cm³/mol. The Kier molecular flexibility index (Phi) is 9.77. The maximum Gasteiger partial charge on any atom is 0.258 e. The van der Waals surface area contributed by atoms with E-state index in [1.807, 2.05) is 39.1 Å². The molecule has 4 aromatic heterocycles. The highest BCUT2D eigenvalue weighted by Crippen LogP contribution is 2.41. The van der Waals surface area contributed by atoms with Crippen LogP contribution in [0.2, 0.25) is 0 Å². The first kappa shape index (κ1) is 39.0. The molecular formula is C47H55N11O4. The Bertz CT molecular complexity index is 2580. The molecule has 6 aliphatic rings. The lowest BCUT2D eigenvalue weighted by molar-refractivity contribution is -0.134. The normalized spacial score (nSPS) is 25.8. The number of imidazole rings is 1. The van der Waals surface area contributed by atoms with Crippen molar-refractivity contribution in [3.63, 3.8) is 0 Å². The van der Waals surface area contributed by atoms with Gasteiger partial charge in [0.25, 0.3) is 5.91 Å². The lowest BCUT2D eigenvalue weighted by Crippen LogP contribution is -2.58. The van der Waals surface area contributed by atoms with Gasteiger partial charge in [-0.15, -0.1) is 0 Å². The summed E-state index contributed by atoms with van der Waals surface area (Å²) < 4.78 is 10.5. The van der Waals surface area contributed by atoms with Crippen LogP contribution in [0, 0.1) is 25.7 Å². The number of piperazine rings is 1. The average molecular weight is 838 g/mol. The number of carbonyl (C=O) groups excluding carboxylic acids is 3. The summed E-state index contributed by atoms with van der Waals surface area (Å²) in [6.45, 7) is 9.40. The van der Waals surface area contributed by atoms with Gasteiger partial charge in [-0.05, 0) is 120 Å². The number of hydrogen-bond acceptors (Lipinski definition) is 11. The molecule has 5 aromatic rings. The van der Waals surface area contributed by atoms with Crippen LogP contribution < -0.4 is 25.2 Å². The summed E-state index contributed by atoms with van der Waals surface area (Å²) in [5, 5.41) is 10.2. The second kappa shape index (κ2) is 15.5. The first-order valence-corrected chi connectivity index (χ1v) is 22.7. The maximum atomic E-state index is 14.1. The second-order valence-electron chi connectivity index (χ2n) is 18.7. The van der Waals surface area contributed by atoms with Gasteiger partial charge in [-0.2, -0.15) is 5.10 Å². The van der Waals surface area contributed by atoms with E-state index in [1.165, 1.54) is 18.5 Å². The number of nitrogens with zero attached hydrogens (tertiary/aromatic N) is 9. The molecule has 15 nitrogen and oxygen atoms in total. The molecule has 5 fully saturated rings. The summed E-state index contributed by atoms with van der Waals surface area (Å²) in [7, 11) is 1.89. The number of benzene rings is 1. The van der Waals surface area contributed by atoms with E-state index in [0.29, 0.717) is 72.5 Å². The summed E-state index contributed by atoms with van der Waals surface area (Å²) >= 11 is 0. The molecule has 9 heterocycles. The number of pyridine rings is 2. The number of amides is 3. The minimum Gasteiger partial charge on any atom is -0.477 e. The van der Waals surface area contributed by atoms with Gasteiger partial charge in [0.2, 0.25) is 23.6 Å². The van der Waals surface area contributed by atoms with Crippen molar-refractivity contribution in [3.8, 4) is 17.1 Å². The third kappa shape index (κ3) is 7.07. The minimum absolute atomic E-state index is 0.203. The van der Waals surface area contributed by atoms with Crippen molar-refractivity contribution >= 4 is 46.1 Å². The van der Waals surface area contributed by atoms with Crippen molar-refractivity contribution in [3.05, 3.63) is 71.3 Å². The Balaban J connectivity index is 0.805. The average Bonchev–Trinajstić information content (AvgIpc) is 4.02. The summed E-state index contributed by atoms with van der Waals surface area (Å²) in [5.41, 5.74) is 8.74. The number of hydrogen-bond donors (Lipinski definition) is 2. The SMILES string of the molecule is Cc1cc2cc(n1)-c1cnn(C)c1OC[C@H]1CC[C@H](C1)Cn1c(nc3ccc(N4C5CCC4CN(C4CCN(c6ccc(C7CCC(=O)NC7=O)nc6C)CC4)C5)cc31)NC2=O. The number of anilines is 3. The molecule has 1 saturated carbocycles. The minimum atomic E-state index is -0.368. The van der Waals surface area contributed by atoms with E-state index in [4.69, 9.17) is 19.7 Å². The van der Waals surface area contributed by atoms with E-state index in [0.717, 1.165) is 104 Å². The number of imide groups is 1. The number of rotatable bonds is 4. The number of aromatic nitrogens is 6. The number of nitrogens with one attached hydrogen (secondary N) is 2. The molecule has 0 spiro atoms. The molecule has 322 valence electrons. The highest BCUT2D eigenvalue weighted by Gasteiger charge is 2.43. The number of ether oxygens (including phenoxy) is 1. The molecule has 0 radical (unpaired) electrons. The quantitative estimate of drug-likeness (QED) is 0.213. The lowest BCUT2D eigenvalue weighted by atomic mass is 9.94. The number of carbonyl (C=O) groups is 3. The van der Waals surface area contributed by atoms with E-state index < -0.39 is 0 Å². The molecule has 5 aliphatic heterocycles. The van der Waals surface area contributed by atoms with E-state index in [9.17, 15) is 14.4 Å². The van der Waals surface area contributed by atoms with Crippen LogP contribution >= 0.6 is 0 Å². The molecule has 5 atom stereocenters. The Labute approximate surface area is 361 Å². The zero-order valence-electron chi connectivity index (χ0n) is 35.8. The van der Waals surface area contributed by atoms with Crippen molar-refractivity contribution in [1.82, 2.24) is 39.5 Å². The maximum absolute atomic E-state index is 14.1. The first-order valence-electron chi connectivity index (χ1n) is 22.7. The van der Waals surface area contributed by atoms with Crippen molar-refractivity contribution in [2.75, 3.05) is 47.9 Å². The van der Waals surface area contributed by atoms with Crippen molar-refractivity contribution in [2.45, 2.75) is 102 Å². The lowest BCUT2D eigenvalue weighted by Gasteiger charge is -2.47. The molecular weight excluding hydrogens is 783 g/mol. The van der Waals surface area contributed by atoms with Crippen LogP contribution in [0.4, 0.5) is 17.3 Å². The summed E-state index contributed by atoms with van der Waals surface area (Å²) in [6.07, 6.45) is 10.4. The van der Waals surface area contributed by atoms with Crippen LogP contribution in [0.1, 0.15) is 91.1 Å². The van der Waals surface area contributed by atoms with Gasteiger partial charge in [-0.25, -0.2) is 9.67 Å². The largest absolute Gasteiger partial charge is 0.477 e. The standard InChI is InChI=1S/C47H55N11O4/c1-27-18-31-20-40(49-27)37-22-48-54(3)46(37)62-26-30-5-4-29(19-30)23-57-42-21-33(8-10-39(42)51-47(57)53-44(31)60)58-34-6-7-35(58)25-56(24-34)32-14-16-55(17-15-32)41-12-11-38(50-28(41)2)36-9-13-43(59)52-45(36)61/h8,10-12,18,20-22,29-30,32,34-36H,4-7,9,13-17,19,23-26H2,1-3H3,(H,51,53,60)(H,52,59,61)/t29-,30+,34?,35?,36?/m1/s1. The highest BCUT2D eigenvalue weighted by molar-refractivity contribution is 6.05. The summed E-state index contributed by atoms with van der Waals surface area (Å²) in [4.78, 5) is 60.9. The van der Waals surface area contributed by atoms with Gasteiger partial charge in [-0.3, -0.25) is 39.9 Å². The van der Waals surface area contributed by atoms with Crippen molar-refractivity contribution in [2.24, 2.45) is 18.9 Å². The fourth-order valence-corrected chi connectivity index (χ4v) is 11.6. The molecule has 3 amide bonds. The molecule has 1 aromatic carbocycles. The first-order chi connectivity index (χ1) is 30.1. The van der Waals surface area contributed by atoms with E-state index in [1.54, 1.807) is 10.9 Å². The number of fused-ring (bicyclic) bond motifs is 11. The molecule has 2 N–H and O–H groups in total. The van der Waals surface area contributed by atoms with Gasteiger partial charge in [0.1, 0.15) is 0 Å². The number of likely N-dealkylation sites (tertiary alicyclic amines) is 1. The van der Waals surface area contributed by atoms with Gasteiger partial charge in [-0.1, -0.05) is 0 Å². The predicted octanol–water partition coefficient (Wildman–Crippen LogP) is 5.75. The van der Waals surface area contributed by atoms with Crippen LogP contribution in [0.15, 0.2) is 48.7 Å². The Morgan fingerprint density at radius 2 is 1.60 bits per heavy atom. The van der Waals surface area contributed by atoms with E-state index in [2.05, 4.69) is 59.3 Å². The summed E-state index contributed by atoms with van der Waals surface area (Å²) in [6, 6.07) is 15.9. The third-order valence-electron chi connectivity index (χ3n) is 14.7. The molecule has 4 saturated heterocycles. The van der Waals surface area contributed by atoms with Gasteiger partial charge >= 0.3 is 0 Å². The number of aryl methyl sites for hydroxylation is 3. The zero-order valence-corrected chi connectivity index (χ0v) is 35.8. The van der Waals surface area contributed by atoms with Crippen LogP contribution in [0.5, 0.6) is 5.88 Å². The Morgan fingerprint density at radius 3 is 2.39 bits per heavy atom. The molecule has 11 rings (SSSR count). The fourth-order valence-electron chi connectivity index (χ4n) is 11.6. The monoisotopic (exact) mass is 837 g/mol. The smallest absolute Gasteiger partial charge is 0.258 e. The van der Waals surface area contributed by atoms with Gasteiger partial charge < -0.3 is 19.1 Å². The summed E-state index contributed by atoms with van der Waals surface area (Å²) in [5.74, 6) is 1.10. The van der Waals surface area contributed by atoms with Crippen molar-refractivity contribution < 1.29 is 19.1 Å². The Hall–Kier alpha value is -5.83. The van der Waals surface area contributed by atoms with Crippen LogP contribution in [0.25, 0.3) is 22.3 Å². The Morgan fingerprint density at radius 1 is 0.790 bits per heavy atom. The number of piperidine rings is 2. The third-order valence-corrected chi connectivity index (χ3v) is 14.7. The van der Waals surface area contributed by atoms with Crippen LogP contribution in [-0.4, -0.2) is 103 Å².